The Hall–Kier alpha value is -0.130. The van der Waals surface area contributed by atoms with Gasteiger partial charge in [0.1, 0.15) is 9.84 Å². The molecule has 0 aliphatic rings. The Morgan fingerprint density at radius 3 is 2.38 bits per heavy atom. The second kappa shape index (κ2) is 6.34. The van der Waals surface area contributed by atoms with Gasteiger partial charge in [0.25, 0.3) is 0 Å². The highest BCUT2D eigenvalue weighted by atomic mass is 32.2. The zero-order valence-electron chi connectivity index (χ0n) is 8.41. The molecule has 0 aromatic heterocycles. The van der Waals surface area contributed by atoms with Crippen LogP contribution < -0.4 is 11.3 Å². The van der Waals surface area contributed by atoms with Crippen LogP contribution in [0.4, 0.5) is 0 Å². The minimum Gasteiger partial charge on any atom is -0.271 e. The highest BCUT2D eigenvalue weighted by molar-refractivity contribution is 7.90. The van der Waals surface area contributed by atoms with Crippen LogP contribution in [-0.2, 0) is 9.84 Å². The predicted octanol–water partition coefficient (Wildman–Crippen LogP) is 0.443. The Bertz CT molecular complexity index is 214. The summed E-state index contributed by atoms with van der Waals surface area (Å²) in [5.41, 5.74) is 2.54. The maximum absolute atomic E-state index is 10.9. The van der Waals surface area contributed by atoms with Gasteiger partial charge in [-0.05, 0) is 6.42 Å². The van der Waals surface area contributed by atoms with Crippen LogP contribution in [0.3, 0.4) is 0 Å². The van der Waals surface area contributed by atoms with E-state index in [1.54, 1.807) is 0 Å². The molecular weight excluding hydrogens is 188 g/mol. The summed E-state index contributed by atoms with van der Waals surface area (Å²) < 4.78 is 21.9. The average molecular weight is 208 g/mol. The van der Waals surface area contributed by atoms with Gasteiger partial charge in [-0.25, -0.2) is 8.42 Å². The molecule has 0 saturated carbocycles. The molecule has 4 nitrogen and oxygen atoms in total. The fourth-order valence-corrected chi connectivity index (χ4v) is 2.21. The summed E-state index contributed by atoms with van der Waals surface area (Å²) in [6.45, 7) is 2.11. The Kier molecular flexibility index (Phi) is 6.28. The molecule has 1 atom stereocenters. The van der Waals surface area contributed by atoms with Crippen molar-refractivity contribution >= 4 is 9.84 Å². The Labute approximate surface area is 80.8 Å². The minimum atomic E-state index is -2.92. The standard InChI is InChI=1S/C8H20N2O2S/c1-3-4-5-6-8(10-9)7-13(2,11)12/h8,10H,3-7,9H2,1-2H3. The Morgan fingerprint density at radius 1 is 1.38 bits per heavy atom. The normalized spacial score (nSPS) is 14.4. The smallest absolute Gasteiger partial charge is 0.149 e. The van der Waals surface area contributed by atoms with Gasteiger partial charge in [-0.15, -0.1) is 0 Å². The van der Waals surface area contributed by atoms with E-state index in [9.17, 15) is 8.42 Å². The summed E-state index contributed by atoms with van der Waals surface area (Å²) in [6, 6.07) is -0.0958. The Balaban J connectivity index is 3.77. The van der Waals surface area contributed by atoms with E-state index in [-0.39, 0.29) is 11.8 Å². The van der Waals surface area contributed by atoms with E-state index >= 15 is 0 Å². The van der Waals surface area contributed by atoms with Crippen LogP contribution in [0.25, 0.3) is 0 Å². The molecule has 0 aromatic rings. The number of rotatable bonds is 7. The van der Waals surface area contributed by atoms with Gasteiger partial charge in [-0.2, -0.15) is 0 Å². The molecule has 0 spiro atoms. The first-order chi connectivity index (χ1) is 5.99. The van der Waals surface area contributed by atoms with E-state index in [0.29, 0.717) is 0 Å². The van der Waals surface area contributed by atoms with Crippen molar-refractivity contribution in [1.82, 2.24) is 5.43 Å². The number of nitrogens with one attached hydrogen (secondary N) is 1. The number of unbranched alkanes of at least 4 members (excludes halogenated alkanes) is 2. The van der Waals surface area contributed by atoms with E-state index in [0.717, 1.165) is 25.7 Å². The lowest BCUT2D eigenvalue weighted by Crippen LogP contribution is -2.40. The van der Waals surface area contributed by atoms with E-state index in [2.05, 4.69) is 12.3 Å². The van der Waals surface area contributed by atoms with Crippen LogP contribution in [0, 0.1) is 0 Å². The molecule has 1 unspecified atom stereocenters. The van der Waals surface area contributed by atoms with Crippen molar-refractivity contribution in [3.05, 3.63) is 0 Å². The lowest BCUT2D eigenvalue weighted by atomic mass is 10.1. The van der Waals surface area contributed by atoms with Gasteiger partial charge in [-0.1, -0.05) is 26.2 Å². The molecule has 0 aliphatic heterocycles. The van der Waals surface area contributed by atoms with Crippen LogP contribution >= 0.6 is 0 Å². The number of nitrogens with two attached hydrogens (primary N) is 1. The molecule has 0 rings (SSSR count). The number of hydrogen-bond acceptors (Lipinski definition) is 4. The first-order valence-corrected chi connectivity index (χ1v) is 6.69. The first-order valence-electron chi connectivity index (χ1n) is 4.63. The zero-order valence-corrected chi connectivity index (χ0v) is 9.23. The van der Waals surface area contributed by atoms with Gasteiger partial charge in [0.15, 0.2) is 0 Å². The van der Waals surface area contributed by atoms with Crippen LogP contribution in [0.15, 0.2) is 0 Å². The van der Waals surface area contributed by atoms with Crippen molar-refractivity contribution in [2.24, 2.45) is 5.84 Å². The summed E-state index contributed by atoms with van der Waals surface area (Å²) in [5, 5.41) is 0. The van der Waals surface area contributed by atoms with Gasteiger partial charge in [0.2, 0.25) is 0 Å². The maximum atomic E-state index is 10.9. The molecule has 0 amide bonds. The largest absolute Gasteiger partial charge is 0.271 e. The third-order valence-electron chi connectivity index (χ3n) is 1.90. The predicted molar refractivity (Wildman–Crippen MR) is 55.0 cm³/mol. The van der Waals surface area contributed by atoms with Crippen molar-refractivity contribution in [2.45, 2.75) is 38.6 Å². The summed E-state index contributed by atoms with van der Waals surface area (Å²) >= 11 is 0. The quantitative estimate of drug-likeness (QED) is 0.362. The van der Waals surface area contributed by atoms with Crippen molar-refractivity contribution in [3.63, 3.8) is 0 Å². The number of sulfone groups is 1. The average Bonchev–Trinajstić information content (AvgIpc) is 2.01. The Morgan fingerprint density at radius 2 is 2.00 bits per heavy atom. The van der Waals surface area contributed by atoms with Crippen LogP contribution in [0.2, 0.25) is 0 Å². The van der Waals surface area contributed by atoms with Crippen molar-refractivity contribution in [2.75, 3.05) is 12.0 Å². The molecule has 0 saturated heterocycles. The second-order valence-corrected chi connectivity index (χ2v) is 5.64. The van der Waals surface area contributed by atoms with E-state index in [1.165, 1.54) is 6.26 Å². The fourth-order valence-electron chi connectivity index (χ4n) is 1.22. The molecule has 0 radical (unpaired) electrons. The maximum Gasteiger partial charge on any atom is 0.149 e. The summed E-state index contributed by atoms with van der Waals surface area (Å²) in [6.07, 6.45) is 5.35. The SMILES string of the molecule is CCCCCC(CS(C)(=O)=O)NN. The van der Waals surface area contributed by atoms with E-state index < -0.39 is 9.84 Å². The van der Waals surface area contributed by atoms with Gasteiger partial charge in [0, 0.05) is 12.3 Å². The van der Waals surface area contributed by atoms with Gasteiger partial charge < -0.3 is 0 Å². The van der Waals surface area contributed by atoms with Crippen molar-refractivity contribution in [1.29, 1.82) is 0 Å². The van der Waals surface area contributed by atoms with E-state index in [4.69, 9.17) is 5.84 Å². The van der Waals surface area contributed by atoms with E-state index in [1.807, 2.05) is 0 Å². The molecule has 0 fully saturated rings. The van der Waals surface area contributed by atoms with Crippen molar-refractivity contribution in [3.8, 4) is 0 Å². The van der Waals surface area contributed by atoms with Gasteiger partial charge in [0.05, 0.1) is 5.75 Å². The van der Waals surface area contributed by atoms with Crippen molar-refractivity contribution < 1.29 is 8.42 Å². The van der Waals surface area contributed by atoms with Crippen LogP contribution in [-0.4, -0.2) is 26.5 Å². The molecule has 0 heterocycles. The lowest BCUT2D eigenvalue weighted by Gasteiger charge is -2.13. The fraction of sp³-hybridized carbons (Fsp3) is 1.00. The van der Waals surface area contributed by atoms with Gasteiger partial charge in [-0.3, -0.25) is 11.3 Å². The summed E-state index contributed by atoms with van der Waals surface area (Å²) in [7, 11) is -2.92. The molecular formula is C8H20N2O2S. The number of hydrogen-bond donors (Lipinski definition) is 2. The minimum absolute atomic E-state index is 0.0958. The zero-order chi connectivity index (χ0) is 10.3. The summed E-state index contributed by atoms with van der Waals surface area (Å²) in [5.74, 6) is 5.38. The molecule has 0 aliphatic carbocycles. The lowest BCUT2D eigenvalue weighted by molar-refractivity contribution is 0.494. The molecule has 5 heteroatoms. The molecule has 80 valence electrons. The third kappa shape index (κ3) is 8.21. The third-order valence-corrected chi connectivity index (χ3v) is 2.90. The highest BCUT2D eigenvalue weighted by Crippen LogP contribution is 2.04. The number of hydrazine groups is 1. The highest BCUT2D eigenvalue weighted by Gasteiger charge is 2.12. The van der Waals surface area contributed by atoms with Crippen LogP contribution in [0.5, 0.6) is 0 Å². The van der Waals surface area contributed by atoms with Crippen LogP contribution in [0.1, 0.15) is 32.6 Å². The summed E-state index contributed by atoms with van der Waals surface area (Å²) in [4.78, 5) is 0. The first kappa shape index (κ1) is 12.9. The second-order valence-electron chi connectivity index (χ2n) is 3.45. The monoisotopic (exact) mass is 208 g/mol. The van der Waals surface area contributed by atoms with Gasteiger partial charge >= 0.3 is 0 Å². The molecule has 0 bridgehead atoms. The molecule has 13 heavy (non-hydrogen) atoms. The molecule has 3 N–H and O–H groups in total. The molecule has 0 aromatic carbocycles. The topological polar surface area (TPSA) is 72.2 Å².